The zero-order valence-corrected chi connectivity index (χ0v) is 15.9. The van der Waals surface area contributed by atoms with Crippen molar-refractivity contribution in [2.75, 3.05) is 7.11 Å². The molecule has 0 fully saturated rings. The number of ether oxygens (including phenoxy) is 1. The number of nitrogens with zero attached hydrogens (tertiary/aromatic N) is 2. The second kappa shape index (κ2) is 9.28. The highest BCUT2D eigenvalue weighted by Crippen LogP contribution is 2.22. The summed E-state index contributed by atoms with van der Waals surface area (Å²) in [5, 5.41) is 14.8. The maximum absolute atomic E-state index is 12.0. The third-order valence-electron chi connectivity index (χ3n) is 4.14. The number of rotatable bonds is 7. The number of amides is 1. The molecule has 0 aliphatic rings. The first kappa shape index (κ1) is 20.5. The Morgan fingerprint density at radius 2 is 1.87 bits per heavy atom. The fourth-order valence-electron chi connectivity index (χ4n) is 2.68. The van der Waals surface area contributed by atoms with Crippen molar-refractivity contribution in [3.8, 4) is 11.3 Å². The minimum atomic E-state index is -0.534. The molecule has 0 saturated heterocycles. The van der Waals surface area contributed by atoms with Crippen LogP contribution in [0.4, 0.5) is 5.69 Å². The molecule has 3 rings (SSSR count). The number of methoxy groups -OCH3 is 1. The number of nitro benzene ring substituents is 1. The number of carbonyl (C=O) groups is 2. The Balaban J connectivity index is 1.60. The van der Waals surface area contributed by atoms with Gasteiger partial charge in [-0.1, -0.05) is 30.3 Å². The SMILES string of the molecule is COC(=O)c1ccc(-c2ccc(C=NNC(=O)Cc3ccccc3[N+](=O)[O-])o2)cc1. The van der Waals surface area contributed by atoms with Crippen molar-refractivity contribution in [2.45, 2.75) is 6.42 Å². The first-order valence-corrected chi connectivity index (χ1v) is 8.80. The molecule has 2 aromatic carbocycles. The van der Waals surface area contributed by atoms with Crippen molar-refractivity contribution >= 4 is 23.8 Å². The predicted octanol–water partition coefficient (Wildman–Crippen LogP) is 3.33. The Kier molecular flexibility index (Phi) is 6.33. The zero-order valence-electron chi connectivity index (χ0n) is 15.9. The number of hydrogen-bond donors (Lipinski definition) is 1. The van der Waals surface area contributed by atoms with Crippen molar-refractivity contribution in [3.63, 3.8) is 0 Å². The molecule has 9 heteroatoms. The first-order chi connectivity index (χ1) is 14.5. The van der Waals surface area contributed by atoms with E-state index in [4.69, 9.17) is 4.42 Å². The fourth-order valence-corrected chi connectivity index (χ4v) is 2.68. The second-order valence-corrected chi connectivity index (χ2v) is 6.13. The van der Waals surface area contributed by atoms with Gasteiger partial charge in [-0.2, -0.15) is 5.10 Å². The highest BCUT2D eigenvalue weighted by atomic mass is 16.6. The topological polar surface area (TPSA) is 124 Å². The van der Waals surface area contributed by atoms with E-state index < -0.39 is 16.8 Å². The van der Waals surface area contributed by atoms with Gasteiger partial charge in [0.25, 0.3) is 5.69 Å². The van der Waals surface area contributed by atoms with Gasteiger partial charge in [0.05, 0.1) is 30.2 Å². The molecular weight excluding hydrogens is 390 g/mol. The smallest absolute Gasteiger partial charge is 0.337 e. The molecule has 0 bridgehead atoms. The number of para-hydroxylation sites is 1. The van der Waals surface area contributed by atoms with Gasteiger partial charge in [-0.3, -0.25) is 14.9 Å². The fraction of sp³-hybridized carbons (Fsp3) is 0.0952. The van der Waals surface area contributed by atoms with Crippen LogP contribution >= 0.6 is 0 Å². The summed E-state index contributed by atoms with van der Waals surface area (Å²) in [6, 6.07) is 16.1. The van der Waals surface area contributed by atoms with Gasteiger partial charge >= 0.3 is 5.97 Å². The molecule has 0 spiro atoms. The lowest BCUT2D eigenvalue weighted by Crippen LogP contribution is -2.20. The van der Waals surface area contributed by atoms with Crippen molar-refractivity contribution < 1.29 is 23.7 Å². The minimum Gasteiger partial charge on any atom is -0.465 e. The van der Waals surface area contributed by atoms with Crippen LogP contribution in [0.5, 0.6) is 0 Å². The molecule has 0 aliphatic heterocycles. The lowest BCUT2D eigenvalue weighted by Gasteiger charge is -2.01. The average molecular weight is 407 g/mol. The molecule has 1 N–H and O–H groups in total. The summed E-state index contributed by atoms with van der Waals surface area (Å²) < 4.78 is 10.3. The molecule has 0 aliphatic carbocycles. The van der Waals surface area contributed by atoms with Crippen molar-refractivity contribution in [3.05, 3.63) is 87.7 Å². The van der Waals surface area contributed by atoms with Gasteiger partial charge < -0.3 is 9.15 Å². The van der Waals surface area contributed by atoms with Crippen molar-refractivity contribution in [2.24, 2.45) is 5.10 Å². The monoisotopic (exact) mass is 407 g/mol. The van der Waals surface area contributed by atoms with E-state index in [-0.39, 0.29) is 12.1 Å². The van der Waals surface area contributed by atoms with Gasteiger partial charge in [0.2, 0.25) is 5.91 Å². The molecule has 3 aromatic rings. The van der Waals surface area contributed by atoms with Gasteiger partial charge in [0, 0.05) is 17.2 Å². The van der Waals surface area contributed by atoms with E-state index in [1.165, 1.54) is 31.5 Å². The molecule has 152 valence electrons. The maximum atomic E-state index is 12.0. The highest BCUT2D eigenvalue weighted by Gasteiger charge is 2.15. The number of hydrogen-bond acceptors (Lipinski definition) is 7. The third-order valence-corrected chi connectivity index (χ3v) is 4.14. The number of furan rings is 1. The number of carbonyl (C=O) groups excluding carboxylic acids is 2. The summed E-state index contributed by atoms with van der Waals surface area (Å²) in [5.41, 5.74) is 3.67. The first-order valence-electron chi connectivity index (χ1n) is 8.80. The summed E-state index contributed by atoms with van der Waals surface area (Å²) in [5.74, 6) is 0.0308. The Hall–Kier alpha value is -4.27. The molecule has 0 unspecified atom stereocenters. The predicted molar refractivity (Wildman–Crippen MR) is 108 cm³/mol. The van der Waals surface area contributed by atoms with Gasteiger partial charge in [-0.05, 0) is 24.3 Å². The van der Waals surface area contributed by atoms with Gasteiger partial charge in [0.1, 0.15) is 11.5 Å². The van der Waals surface area contributed by atoms with Gasteiger partial charge in [-0.15, -0.1) is 0 Å². The second-order valence-electron chi connectivity index (χ2n) is 6.13. The van der Waals surface area contributed by atoms with Crippen molar-refractivity contribution in [1.29, 1.82) is 0 Å². The van der Waals surface area contributed by atoms with E-state index in [0.29, 0.717) is 22.6 Å². The summed E-state index contributed by atoms with van der Waals surface area (Å²) >= 11 is 0. The number of nitro groups is 1. The van der Waals surface area contributed by atoms with Crippen LogP contribution in [0.3, 0.4) is 0 Å². The van der Waals surface area contributed by atoms with Crippen molar-refractivity contribution in [1.82, 2.24) is 5.43 Å². The van der Waals surface area contributed by atoms with E-state index in [1.54, 1.807) is 42.5 Å². The number of benzene rings is 2. The molecule has 0 radical (unpaired) electrons. The van der Waals surface area contributed by atoms with Crippen LogP contribution in [0.15, 0.2) is 70.2 Å². The van der Waals surface area contributed by atoms with E-state index in [0.717, 1.165) is 5.56 Å². The average Bonchev–Trinajstić information content (AvgIpc) is 3.22. The molecule has 0 saturated carbocycles. The number of hydrazone groups is 1. The number of esters is 1. The van der Waals surface area contributed by atoms with Gasteiger partial charge in [-0.25, -0.2) is 10.2 Å². The van der Waals surface area contributed by atoms with Gasteiger partial charge in [0.15, 0.2) is 0 Å². The van der Waals surface area contributed by atoms with E-state index in [1.807, 2.05) is 0 Å². The Morgan fingerprint density at radius 3 is 2.57 bits per heavy atom. The van der Waals surface area contributed by atoms with Crippen LogP contribution in [-0.4, -0.2) is 30.1 Å². The summed E-state index contributed by atoms with van der Waals surface area (Å²) in [6.45, 7) is 0. The summed E-state index contributed by atoms with van der Waals surface area (Å²) in [4.78, 5) is 33.9. The standard InChI is InChI=1S/C21H17N3O6/c1-29-21(26)15-8-6-14(7-9-15)19-11-10-17(30-19)13-22-23-20(25)12-16-4-2-3-5-18(16)24(27)28/h2-11,13H,12H2,1H3,(H,23,25). The Morgan fingerprint density at radius 1 is 1.13 bits per heavy atom. The third kappa shape index (κ3) is 4.96. The Labute approximate surface area is 171 Å². The molecule has 1 amide bonds. The maximum Gasteiger partial charge on any atom is 0.337 e. The lowest BCUT2D eigenvalue weighted by molar-refractivity contribution is -0.385. The highest BCUT2D eigenvalue weighted by molar-refractivity contribution is 5.90. The lowest BCUT2D eigenvalue weighted by atomic mass is 10.1. The molecular formula is C21H17N3O6. The van der Waals surface area contributed by atoms with Crippen LogP contribution < -0.4 is 5.43 Å². The number of nitrogens with one attached hydrogen (secondary N) is 1. The van der Waals surface area contributed by atoms with E-state index in [9.17, 15) is 19.7 Å². The van der Waals surface area contributed by atoms with E-state index >= 15 is 0 Å². The largest absolute Gasteiger partial charge is 0.465 e. The summed E-state index contributed by atoms with van der Waals surface area (Å²) in [6.07, 6.45) is 1.15. The van der Waals surface area contributed by atoms with Crippen LogP contribution in [0.25, 0.3) is 11.3 Å². The van der Waals surface area contributed by atoms with Crippen LogP contribution in [0, 0.1) is 10.1 Å². The molecule has 30 heavy (non-hydrogen) atoms. The zero-order chi connectivity index (χ0) is 21.5. The minimum absolute atomic E-state index is 0.120. The Bertz CT molecular complexity index is 1100. The normalized spacial score (nSPS) is 10.7. The molecule has 9 nitrogen and oxygen atoms in total. The van der Waals surface area contributed by atoms with E-state index in [2.05, 4.69) is 15.3 Å². The summed E-state index contributed by atoms with van der Waals surface area (Å²) in [7, 11) is 1.31. The molecule has 0 atom stereocenters. The molecule has 1 heterocycles. The van der Waals surface area contributed by atoms with Crippen LogP contribution in [0.2, 0.25) is 0 Å². The molecule has 1 aromatic heterocycles. The quantitative estimate of drug-likeness (QED) is 0.277. The van der Waals surface area contributed by atoms with Crippen LogP contribution in [-0.2, 0) is 16.0 Å². The van der Waals surface area contributed by atoms with Crippen LogP contribution in [0.1, 0.15) is 21.7 Å².